The van der Waals surface area contributed by atoms with Crippen molar-refractivity contribution in [2.45, 2.75) is 477 Å². The van der Waals surface area contributed by atoms with Crippen LogP contribution in [0, 0.1) is 11.8 Å². The highest BCUT2D eigenvalue weighted by molar-refractivity contribution is 7.47. The highest BCUT2D eigenvalue weighted by Gasteiger charge is 2.30. The number of carbonyl (C=O) groups is 4. The molecule has 5 atom stereocenters. The Balaban J connectivity index is 5.15. The zero-order chi connectivity index (χ0) is 77.1. The van der Waals surface area contributed by atoms with Gasteiger partial charge in [-0.15, -0.1) is 0 Å². The fourth-order valence-electron chi connectivity index (χ4n) is 13.4. The summed E-state index contributed by atoms with van der Waals surface area (Å²) in [6.45, 7) is 9.66. The van der Waals surface area contributed by atoms with E-state index in [9.17, 15) is 43.2 Å². The van der Waals surface area contributed by atoms with E-state index in [0.717, 1.165) is 115 Å². The summed E-state index contributed by atoms with van der Waals surface area (Å²) in [5.41, 5.74) is 0. The average Bonchev–Trinajstić information content (AvgIpc) is 0.916. The lowest BCUT2D eigenvalue weighted by atomic mass is 10.0. The maximum Gasteiger partial charge on any atom is 0.472 e. The lowest BCUT2D eigenvalue weighted by Gasteiger charge is -2.21. The number of aliphatic hydroxyl groups is 1. The third-order valence-corrected chi connectivity index (χ3v) is 22.1. The highest BCUT2D eigenvalue weighted by Crippen LogP contribution is 2.45. The molecule has 0 fully saturated rings. The standard InChI is InChI=1S/C86H168O17P2/c1-7-9-11-13-15-16-17-18-19-20-21-22-23-24-29-32-35-41-46-52-58-64-70-86(91)103-82(75-97-84(89)69-63-57-51-45-40-34-31-28-26-25-27-30-33-38-43-49-54-60-66-78(3)4)77-101-105(94,95)99-73-80(87)72-98-104(92,93)100-76-81(74-96-83(88)68-62-56-48-14-12-10-8-2)102-85(90)71-65-59-53-47-42-37-36-39-44-50-55-61-67-79(5)6/h78-82,87H,7-77H2,1-6H3,(H,92,93)(H,94,95)/t80-,81+,82+/m0/s1. The van der Waals surface area contributed by atoms with E-state index in [4.69, 9.17) is 37.0 Å². The highest BCUT2D eigenvalue weighted by atomic mass is 31.2. The van der Waals surface area contributed by atoms with Gasteiger partial charge in [0.2, 0.25) is 0 Å². The first-order valence-corrected chi connectivity index (χ1v) is 47.5. The number of phosphoric acid groups is 2. The largest absolute Gasteiger partial charge is 0.472 e. The van der Waals surface area contributed by atoms with E-state index in [2.05, 4.69) is 41.5 Å². The number of phosphoric ester groups is 2. The fraction of sp³-hybridized carbons (Fsp3) is 0.953. The molecule has 3 N–H and O–H groups in total. The van der Waals surface area contributed by atoms with Crippen molar-refractivity contribution >= 4 is 39.5 Å². The van der Waals surface area contributed by atoms with Gasteiger partial charge in [0.15, 0.2) is 12.2 Å². The third-order valence-electron chi connectivity index (χ3n) is 20.2. The molecule has 0 bridgehead atoms. The minimum absolute atomic E-state index is 0.107. The van der Waals surface area contributed by atoms with E-state index in [-0.39, 0.29) is 25.7 Å². The van der Waals surface area contributed by atoms with Gasteiger partial charge >= 0.3 is 39.5 Å². The second-order valence-electron chi connectivity index (χ2n) is 31.9. The first-order chi connectivity index (χ1) is 50.9. The Labute approximate surface area is 645 Å². The lowest BCUT2D eigenvalue weighted by molar-refractivity contribution is -0.161. The van der Waals surface area contributed by atoms with Crippen LogP contribution in [0.2, 0.25) is 0 Å². The van der Waals surface area contributed by atoms with Gasteiger partial charge in [-0.2, -0.15) is 0 Å². The van der Waals surface area contributed by atoms with Crippen LogP contribution < -0.4 is 0 Å². The van der Waals surface area contributed by atoms with Crippen LogP contribution >= 0.6 is 15.6 Å². The second-order valence-corrected chi connectivity index (χ2v) is 34.8. The molecular formula is C86H168O17P2. The quantitative estimate of drug-likeness (QED) is 0.0222. The van der Waals surface area contributed by atoms with E-state index >= 15 is 0 Å². The molecule has 0 heterocycles. The summed E-state index contributed by atoms with van der Waals surface area (Å²) >= 11 is 0. The predicted molar refractivity (Wildman–Crippen MR) is 432 cm³/mol. The van der Waals surface area contributed by atoms with Crippen molar-refractivity contribution in [3.8, 4) is 0 Å². The predicted octanol–water partition coefficient (Wildman–Crippen LogP) is 26.2. The number of aliphatic hydroxyl groups excluding tert-OH is 1. The van der Waals surface area contributed by atoms with Crippen molar-refractivity contribution in [3.05, 3.63) is 0 Å². The molecule has 17 nitrogen and oxygen atoms in total. The molecule has 19 heteroatoms. The fourth-order valence-corrected chi connectivity index (χ4v) is 15.0. The summed E-state index contributed by atoms with van der Waals surface area (Å²) in [6, 6.07) is 0. The Morgan fingerprint density at radius 3 is 0.648 bits per heavy atom. The van der Waals surface area contributed by atoms with Crippen molar-refractivity contribution in [1.82, 2.24) is 0 Å². The molecule has 0 rings (SSSR count). The van der Waals surface area contributed by atoms with Crippen molar-refractivity contribution in [2.24, 2.45) is 11.8 Å². The van der Waals surface area contributed by atoms with Gasteiger partial charge in [-0.3, -0.25) is 37.3 Å². The number of unbranched alkanes of at least 4 members (excludes halogenated alkanes) is 55. The Morgan fingerprint density at radius 1 is 0.257 bits per heavy atom. The van der Waals surface area contributed by atoms with Crippen LogP contribution in [0.5, 0.6) is 0 Å². The van der Waals surface area contributed by atoms with Crippen LogP contribution in [0.3, 0.4) is 0 Å². The van der Waals surface area contributed by atoms with Crippen LogP contribution in [0.25, 0.3) is 0 Å². The topological polar surface area (TPSA) is 237 Å². The number of hydrogen-bond acceptors (Lipinski definition) is 15. The van der Waals surface area contributed by atoms with Crippen LogP contribution in [-0.2, 0) is 65.4 Å². The van der Waals surface area contributed by atoms with E-state index < -0.39 is 97.5 Å². The summed E-state index contributed by atoms with van der Waals surface area (Å²) in [5.74, 6) is -0.509. The number of ether oxygens (including phenoxy) is 4. The first kappa shape index (κ1) is 103. The summed E-state index contributed by atoms with van der Waals surface area (Å²) in [6.07, 6.45) is 69.8. The van der Waals surface area contributed by atoms with Gasteiger partial charge in [-0.05, 0) is 37.5 Å². The maximum atomic E-state index is 13.1. The minimum Gasteiger partial charge on any atom is -0.462 e. The van der Waals surface area contributed by atoms with Crippen molar-refractivity contribution in [2.75, 3.05) is 39.6 Å². The minimum atomic E-state index is -4.96. The molecule has 2 unspecified atom stereocenters. The first-order valence-electron chi connectivity index (χ1n) is 44.5. The van der Waals surface area contributed by atoms with Crippen molar-refractivity contribution in [3.63, 3.8) is 0 Å². The number of carbonyl (C=O) groups excluding carboxylic acids is 4. The van der Waals surface area contributed by atoms with Crippen LogP contribution in [0.1, 0.15) is 459 Å². The van der Waals surface area contributed by atoms with Crippen LogP contribution in [0.15, 0.2) is 0 Å². The van der Waals surface area contributed by atoms with Gasteiger partial charge in [0.25, 0.3) is 0 Å². The van der Waals surface area contributed by atoms with Crippen LogP contribution in [-0.4, -0.2) is 96.7 Å². The van der Waals surface area contributed by atoms with Gasteiger partial charge < -0.3 is 33.8 Å². The Kier molecular flexibility index (Phi) is 76.0. The molecular weight excluding hydrogens is 1370 g/mol. The molecule has 0 aliphatic rings. The average molecular weight is 1540 g/mol. The molecule has 0 spiro atoms. The molecule has 105 heavy (non-hydrogen) atoms. The molecule has 0 aromatic carbocycles. The third kappa shape index (κ3) is 79.9. The van der Waals surface area contributed by atoms with Crippen molar-refractivity contribution in [1.29, 1.82) is 0 Å². The Hall–Kier alpha value is -1.94. The molecule has 0 saturated carbocycles. The molecule has 0 aliphatic heterocycles. The normalized spacial score (nSPS) is 13.8. The molecule has 0 aromatic rings. The number of hydrogen-bond donors (Lipinski definition) is 3. The summed E-state index contributed by atoms with van der Waals surface area (Å²) in [4.78, 5) is 73.0. The van der Waals surface area contributed by atoms with Crippen molar-refractivity contribution < 1.29 is 80.2 Å². The van der Waals surface area contributed by atoms with E-state index in [1.54, 1.807) is 0 Å². The van der Waals surface area contributed by atoms with Crippen LogP contribution in [0.4, 0.5) is 0 Å². The summed E-state index contributed by atoms with van der Waals surface area (Å²) in [5, 5.41) is 10.7. The smallest absolute Gasteiger partial charge is 0.462 e. The number of esters is 4. The van der Waals surface area contributed by atoms with Gasteiger partial charge in [0.1, 0.15) is 19.3 Å². The number of rotatable bonds is 85. The molecule has 0 aliphatic carbocycles. The lowest BCUT2D eigenvalue weighted by Crippen LogP contribution is -2.30. The second kappa shape index (κ2) is 77.4. The Morgan fingerprint density at radius 2 is 0.438 bits per heavy atom. The van der Waals surface area contributed by atoms with E-state index in [1.807, 2.05) is 0 Å². The zero-order valence-electron chi connectivity index (χ0n) is 69.0. The molecule has 0 saturated heterocycles. The molecule has 0 radical (unpaired) electrons. The molecule has 0 amide bonds. The molecule has 624 valence electrons. The van der Waals surface area contributed by atoms with Gasteiger partial charge in [0, 0.05) is 25.7 Å². The summed E-state index contributed by atoms with van der Waals surface area (Å²) < 4.78 is 68.7. The molecule has 0 aromatic heterocycles. The van der Waals surface area contributed by atoms with E-state index in [0.29, 0.717) is 25.7 Å². The Bertz CT molecular complexity index is 2010. The monoisotopic (exact) mass is 1540 g/mol. The maximum absolute atomic E-state index is 13.1. The zero-order valence-corrected chi connectivity index (χ0v) is 70.8. The van der Waals surface area contributed by atoms with Gasteiger partial charge in [-0.1, -0.05) is 408 Å². The van der Waals surface area contributed by atoms with E-state index in [1.165, 1.54) is 263 Å². The SMILES string of the molecule is CCCCCCCCCCCCCCCCCCCCCCCCC(=O)O[C@H](COC(=O)CCCCCCCCCCCCCCCCCCCCC(C)C)COP(=O)(O)OC[C@@H](O)COP(=O)(O)OC[C@@H](COC(=O)CCCCCCCCC)OC(=O)CCCCCCCCCCCCCCC(C)C. The summed E-state index contributed by atoms with van der Waals surface area (Å²) in [7, 11) is -9.92. The van der Waals surface area contributed by atoms with Gasteiger partial charge in [-0.25, -0.2) is 9.13 Å². The van der Waals surface area contributed by atoms with Gasteiger partial charge in [0.05, 0.1) is 26.4 Å².